The fraction of sp³-hybridized carbons (Fsp3) is 0.538. The van der Waals surface area contributed by atoms with Crippen molar-refractivity contribution >= 4 is 10.0 Å². The molecule has 1 aromatic rings. The molecule has 118 valence electrons. The van der Waals surface area contributed by atoms with Gasteiger partial charge in [-0.1, -0.05) is 0 Å². The van der Waals surface area contributed by atoms with Crippen molar-refractivity contribution in [1.29, 1.82) is 0 Å². The van der Waals surface area contributed by atoms with Gasteiger partial charge in [0.2, 0.25) is 10.0 Å². The minimum absolute atomic E-state index is 0.0399. The molecule has 4 nitrogen and oxygen atoms in total. The van der Waals surface area contributed by atoms with E-state index in [1.165, 1.54) is 0 Å². The van der Waals surface area contributed by atoms with Gasteiger partial charge in [0.1, 0.15) is 4.90 Å². The van der Waals surface area contributed by atoms with Crippen LogP contribution in [-0.4, -0.2) is 31.9 Å². The zero-order valence-electron chi connectivity index (χ0n) is 11.5. The highest BCUT2D eigenvalue weighted by Gasteiger charge is 2.34. The van der Waals surface area contributed by atoms with E-state index in [0.717, 1.165) is 16.8 Å². The first kappa shape index (κ1) is 16.3. The molecule has 0 radical (unpaired) electrons. The summed E-state index contributed by atoms with van der Waals surface area (Å²) in [6, 6.07) is 1.16. The third-order valence-electron chi connectivity index (χ3n) is 3.78. The van der Waals surface area contributed by atoms with Gasteiger partial charge in [0.25, 0.3) is 0 Å². The molecular formula is C13H17F3N2O2S. The number of halogens is 3. The van der Waals surface area contributed by atoms with Gasteiger partial charge in [-0.05, 0) is 37.8 Å². The molecule has 2 N–H and O–H groups in total. The SMILES string of the molecule is C[C@@H](N)[C@@H]1CCCN(S(=O)(=O)c2ccc(F)c(F)c2F)C1. The molecule has 1 aliphatic rings. The third kappa shape index (κ3) is 3.07. The molecule has 1 aromatic carbocycles. The van der Waals surface area contributed by atoms with E-state index in [2.05, 4.69) is 0 Å². The van der Waals surface area contributed by atoms with E-state index in [0.29, 0.717) is 12.5 Å². The normalized spacial score (nSPS) is 22.2. The molecule has 1 heterocycles. The molecule has 21 heavy (non-hydrogen) atoms. The van der Waals surface area contributed by atoms with Crippen LogP contribution in [-0.2, 0) is 10.0 Å². The highest BCUT2D eigenvalue weighted by molar-refractivity contribution is 7.89. The van der Waals surface area contributed by atoms with Crippen molar-refractivity contribution in [3.8, 4) is 0 Å². The molecule has 0 spiro atoms. The molecule has 0 bridgehead atoms. The van der Waals surface area contributed by atoms with Crippen LogP contribution in [0.4, 0.5) is 13.2 Å². The molecule has 1 aliphatic heterocycles. The largest absolute Gasteiger partial charge is 0.328 e. The van der Waals surface area contributed by atoms with Gasteiger partial charge >= 0.3 is 0 Å². The van der Waals surface area contributed by atoms with E-state index in [4.69, 9.17) is 5.73 Å². The first-order chi connectivity index (χ1) is 9.75. The Bertz CT molecular complexity index is 635. The van der Waals surface area contributed by atoms with E-state index in [1.54, 1.807) is 6.92 Å². The molecule has 8 heteroatoms. The topological polar surface area (TPSA) is 63.4 Å². The van der Waals surface area contributed by atoms with Crippen molar-refractivity contribution in [3.63, 3.8) is 0 Å². The van der Waals surface area contributed by atoms with E-state index >= 15 is 0 Å². The third-order valence-corrected chi connectivity index (χ3v) is 5.66. The maximum atomic E-state index is 13.7. The first-order valence-electron chi connectivity index (χ1n) is 6.64. The van der Waals surface area contributed by atoms with E-state index in [1.807, 2.05) is 0 Å². The van der Waals surface area contributed by atoms with E-state index < -0.39 is 32.4 Å². The molecule has 1 fully saturated rings. The Labute approximate surface area is 121 Å². The van der Waals surface area contributed by atoms with Crippen LogP contribution in [0.3, 0.4) is 0 Å². The molecule has 0 unspecified atom stereocenters. The van der Waals surface area contributed by atoms with Crippen LogP contribution in [0.25, 0.3) is 0 Å². The summed E-state index contributed by atoms with van der Waals surface area (Å²) >= 11 is 0. The van der Waals surface area contributed by atoms with E-state index in [-0.39, 0.29) is 25.0 Å². The second-order valence-corrected chi connectivity index (χ2v) is 7.20. The van der Waals surface area contributed by atoms with Crippen molar-refractivity contribution in [2.45, 2.75) is 30.7 Å². The smallest absolute Gasteiger partial charge is 0.246 e. The summed E-state index contributed by atoms with van der Waals surface area (Å²) in [5.41, 5.74) is 5.78. The lowest BCUT2D eigenvalue weighted by atomic mass is 9.93. The fourth-order valence-electron chi connectivity index (χ4n) is 2.47. The van der Waals surface area contributed by atoms with E-state index in [9.17, 15) is 21.6 Å². The van der Waals surface area contributed by atoms with Crippen LogP contribution in [0, 0.1) is 23.4 Å². The Kier molecular flexibility index (Phi) is 4.60. The lowest BCUT2D eigenvalue weighted by Gasteiger charge is -2.33. The molecule has 0 aromatic heterocycles. The van der Waals surface area contributed by atoms with Gasteiger partial charge in [-0.15, -0.1) is 0 Å². The molecule has 0 saturated carbocycles. The quantitative estimate of drug-likeness (QED) is 0.864. The van der Waals surface area contributed by atoms with Crippen molar-refractivity contribution in [2.24, 2.45) is 11.7 Å². The minimum atomic E-state index is -4.20. The number of hydrogen-bond acceptors (Lipinski definition) is 3. The minimum Gasteiger partial charge on any atom is -0.328 e. The number of sulfonamides is 1. The predicted octanol–water partition coefficient (Wildman–Crippen LogP) is 1.85. The number of rotatable bonds is 3. The summed E-state index contributed by atoms with van der Waals surface area (Å²) < 4.78 is 65.8. The van der Waals surface area contributed by atoms with Gasteiger partial charge in [0, 0.05) is 19.1 Å². The lowest BCUT2D eigenvalue weighted by Crippen LogP contribution is -2.45. The van der Waals surface area contributed by atoms with Crippen molar-refractivity contribution < 1.29 is 21.6 Å². The number of benzene rings is 1. The van der Waals surface area contributed by atoms with Gasteiger partial charge in [0.15, 0.2) is 17.5 Å². The maximum Gasteiger partial charge on any atom is 0.246 e. The monoisotopic (exact) mass is 322 g/mol. The maximum absolute atomic E-state index is 13.7. The van der Waals surface area contributed by atoms with Gasteiger partial charge in [-0.3, -0.25) is 0 Å². The number of piperidine rings is 1. The lowest BCUT2D eigenvalue weighted by molar-refractivity contribution is 0.242. The second kappa shape index (κ2) is 5.94. The van der Waals surface area contributed by atoms with Crippen molar-refractivity contribution in [1.82, 2.24) is 4.31 Å². The number of nitrogens with two attached hydrogens (primary N) is 1. The van der Waals surface area contributed by atoms with Crippen molar-refractivity contribution in [3.05, 3.63) is 29.6 Å². The Morgan fingerprint density at radius 3 is 2.57 bits per heavy atom. The van der Waals surface area contributed by atoms with Crippen molar-refractivity contribution in [2.75, 3.05) is 13.1 Å². The molecule has 1 saturated heterocycles. The van der Waals surface area contributed by atoms with Gasteiger partial charge in [-0.2, -0.15) is 4.31 Å². The summed E-state index contributed by atoms with van der Waals surface area (Å²) in [5, 5.41) is 0. The van der Waals surface area contributed by atoms with Crippen LogP contribution in [0.15, 0.2) is 17.0 Å². The van der Waals surface area contributed by atoms with Crippen LogP contribution < -0.4 is 5.73 Å². The summed E-state index contributed by atoms with van der Waals surface area (Å²) in [6.07, 6.45) is 1.38. The first-order valence-corrected chi connectivity index (χ1v) is 8.08. The zero-order valence-corrected chi connectivity index (χ0v) is 12.3. The van der Waals surface area contributed by atoms with Crippen LogP contribution in [0.1, 0.15) is 19.8 Å². The molecular weight excluding hydrogens is 305 g/mol. The average molecular weight is 322 g/mol. The van der Waals surface area contributed by atoms with Crippen LogP contribution in [0.2, 0.25) is 0 Å². The molecule has 0 aliphatic carbocycles. The van der Waals surface area contributed by atoms with Crippen LogP contribution >= 0.6 is 0 Å². The Morgan fingerprint density at radius 1 is 1.29 bits per heavy atom. The number of hydrogen-bond donors (Lipinski definition) is 1. The Balaban J connectivity index is 2.36. The molecule has 2 rings (SSSR count). The summed E-state index contributed by atoms with van der Waals surface area (Å²) in [5.74, 6) is -4.92. The van der Waals surface area contributed by atoms with Crippen LogP contribution in [0.5, 0.6) is 0 Å². The van der Waals surface area contributed by atoms with Gasteiger partial charge < -0.3 is 5.73 Å². The summed E-state index contributed by atoms with van der Waals surface area (Å²) in [7, 11) is -4.20. The fourth-order valence-corrected chi connectivity index (χ4v) is 4.06. The molecule has 0 amide bonds. The van der Waals surface area contributed by atoms with Gasteiger partial charge in [0.05, 0.1) is 0 Å². The Hall–Kier alpha value is -1.12. The zero-order chi connectivity index (χ0) is 15.8. The number of nitrogens with zero attached hydrogens (tertiary/aromatic N) is 1. The highest BCUT2D eigenvalue weighted by atomic mass is 32.2. The average Bonchev–Trinajstić information content (AvgIpc) is 2.44. The van der Waals surface area contributed by atoms with Gasteiger partial charge in [-0.25, -0.2) is 21.6 Å². The second-order valence-electron chi connectivity index (χ2n) is 5.30. The summed E-state index contributed by atoms with van der Waals surface area (Å²) in [4.78, 5) is -0.841. The highest BCUT2D eigenvalue weighted by Crippen LogP contribution is 2.27. The predicted molar refractivity (Wildman–Crippen MR) is 71.4 cm³/mol. The Morgan fingerprint density at radius 2 is 1.95 bits per heavy atom. The standard InChI is InChI=1S/C13H17F3N2O2S/c1-8(17)9-3-2-6-18(7-9)21(19,20)11-5-4-10(14)12(15)13(11)16/h4-5,8-9H,2-3,6-7,17H2,1H3/t8-,9-/m1/s1. The molecule has 2 atom stereocenters. The summed E-state index contributed by atoms with van der Waals surface area (Å²) in [6.45, 7) is 2.14.